The van der Waals surface area contributed by atoms with E-state index in [1.807, 2.05) is 0 Å². The summed E-state index contributed by atoms with van der Waals surface area (Å²) in [5, 5.41) is 0. The van der Waals surface area contributed by atoms with Crippen molar-refractivity contribution >= 4 is 0 Å². The highest BCUT2D eigenvalue weighted by Crippen LogP contribution is 2.51. The fourth-order valence-electron chi connectivity index (χ4n) is 4.11. The predicted molar refractivity (Wildman–Crippen MR) is 87.3 cm³/mol. The number of hydrogen-bond acceptors (Lipinski definition) is 0. The summed E-state index contributed by atoms with van der Waals surface area (Å²) in [4.78, 5) is 0. The van der Waals surface area contributed by atoms with Gasteiger partial charge < -0.3 is 0 Å². The lowest BCUT2D eigenvalue weighted by Crippen LogP contribution is -2.39. The summed E-state index contributed by atoms with van der Waals surface area (Å²) in [6.07, 6.45) is 5.72. The Morgan fingerprint density at radius 3 is 1.63 bits per heavy atom. The molecule has 1 fully saturated rings. The van der Waals surface area contributed by atoms with E-state index in [0.717, 1.165) is 17.8 Å². The molecule has 0 aliphatic heterocycles. The van der Waals surface area contributed by atoms with Crippen molar-refractivity contribution in [3.05, 3.63) is 0 Å². The molecule has 0 nitrogen and oxygen atoms in total. The maximum absolute atomic E-state index is 2.46. The van der Waals surface area contributed by atoms with Crippen molar-refractivity contribution in [3.8, 4) is 0 Å². The molecule has 0 radical (unpaired) electrons. The first-order valence-corrected chi connectivity index (χ1v) is 8.31. The molecule has 3 atom stereocenters. The third-order valence-corrected chi connectivity index (χ3v) is 5.21. The quantitative estimate of drug-likeness (QED) is 0.505. The van der Waals surface area contributed by atoms with Gasteiger partial charge in [0, 0.05) is 0 Å². The van der Waals surface area contributed by atoms with E-state index in [1.165, 1.54) is 25.7 Å². The van der Waals surface area contributed by atoms with Crippen LogP contribution in [0.3, 0.4) is 0 Å². The minimum atomic E-state index is 0.458. The molecule has 0 aromatic rings. The molecule has 114 valence electrons. The second-order valence-electron chi connectivity index (χ2n) is 10.4. The molecular formula is C19H38. The second-order valence-corrected chi connectivity index (χ2v) is 10.4. The van der Waals surface area contributed by atoms with Crippen LogP contribution < -0.4 is 0 Å². The average Bonchev–Trinajstić information content (AvgIpc) is 2.11. The first-order valence-electron chi connectivity index (χ1n) is 8.31. The Morgan fingerprint density at radius 1 is 0.737 bits per heavy atom. The van der Waals surface area contributed by atoms with Crippen LogP contribution in [0.15, 0.2) is 0 Å². The summed E-state index contributed by atoms with van der Waals surface area (Å²) < 4.78 is 0. The molecule has 1 aliphatic rings. The van der Waals surface area contributed by atoms with Gasteiger partial charge in [-0.05, 0) is 59.7 Å². The molecule has 0 amide bonds. The summed E-state index contributed by atoms with van der Waals surface area (Å²) in [6, 6.07) is 0. The second kappa shape index (κ2) is 5.41. The predicted octanol–water partition coefficient (Wildman–Crippen LogP) is 6.55. The molecule has 0 heterocycles. The third-order valence-electron chi connectivity index (χ3n) is 5.21. The van der Waals surface area contributed by atoms with Crippen LogP contribution in [0.1, 0.15) is 88.0 Å². The van der Waals surface area contributed by atoms with Gasteiger partial charge >= 0.3 is 0 Å². The standard InChI is InChI=1S/C19H38/c1-17(2,3)13-14-10-11-15(18(4,5)6)12-16(14)19(7,8)9/h14-16H,10-13H2,1-9H3/t14-,15-,16-/m1/s1. The molecular weight excluding hydrogens is 228 g/mol. The fraction of sp³-hybridized carbons (Fsp3) is 1.00. The fourth-order valence-corrected chi connectivity index (χ4v) is 4.11. The summed E-state index contributed by atoms with van der Waals surface area (Å²) in [7, 11) is 0. The van der Waals surface area contributed by atoms with Crippen LogP contribution >= 0.6 is 0 Å². The van der Waals surface area contributed by atoms with Gasteiger partial charge in [-0.25, -0.2) is 0 Å². The van der Waals surface area contributed by atoms with Gasteiger partial charge in [0.15, 0.2) is 0 Å². The van der Waals surface area contributed by atoms with Gasteiger partial charge in [0.25, 0.3) is 0 Å². The monoisotopic (exact) mass is 266 g/mol. The van der Waals surface area contributed by atoms with Crippen molar-refractivity contribution in [1.29, 1.82) is 0 Å². The maximum Gasteiger partial charge on any atom is -0.0334 e. The highest BCUT2D eigenvalue weighted by Gasteiger charge is 2.41. The van der Waals surface area contributed by atoms with Gasteiger partial charge in [-0.2, -0.15) is 0 Å². The van der Waals surface area contributed by atoms with Crippen molar-refractivity contribution in [1.82, 2.24) is 0 Å². The molecule has 1 saturated carbocycles. The molecule has 0 N–H and O–H groups in total. The Labute approximate surface area is 122 Å². The van der Waals surface area contributed by atoms with Crippen LogP contribution in [0.5, 0.6) is 0 Å². The van der Waals surface area contributed by atoms with Crippen molar-refractivity contribution in [2.24, 2.45) is 34.0 Å². The van der Waals surface area contributed by atoms with Gasteiger partial charge in [0.1, 0.15) is 0 Å². The Hall–Kier alpha value is 0. The van der Waals surface area contributed by atoms with Gasteiger partial charge in [-0.3, -0.25) is 0 Å². The molecule has 0 saturated heterocycles. The molecule has 1 aliphatic carbocycles. The van der Waals surface area contributed by atoms with Gasteiger partial charge in [-0.1, -0.05) is 62.3 Å². The van der Waals surface area contributed by atoms with Crippen LogP contribution in [0, 0.1) is 34.0 Å². The Morgan fingerprint density at radius 2 is 1.26 bits per heavy atom. The van der Waals surface area contributed by atoms with Crippen molar-refractivity contribution in [2.75, 3.05) is 0 Å². The minimum absolute atomic E-state index is 0.458. The smallest absolute Gasteiger partial charge is 0.0334 e. The van der Waals surface area contributed by atoms with E-state index in [-0.39, 0.29) is 0 Å². The Bertz CT molecular complexity index is 279. The lowest BCUT2D eigenvalue weighted by Gasteiger charge is -2.48. The molecule has 19 heavy (non-hydrogen) atoms. The van der Waals surface area contributed by atoms with E-state index >= 15 is 0 Å². The van der Waals surface area contributed by atoms with Crippen LogP contribution in [0.25, 0.3) is 0 Å². The molecule has 1 rings (SSSR count). The third kappa shape index (κ3) is 5.12. The molecule has 0 aromatic carbocycles. The van der Waals surface area contributed by atoms with E-state index in [9.17, 15) is 0 Å². The zero-order valence-electron chi connectivity index (χ0n) is 15.1. The summed E-state index contributed by atoms with van der Waals surface area (Å²) in [6.45, 7) is 21.9. The number of hydrogen-bond donors (Lipinski definition) is 0. The minimum Gasteiger partial charge on any atom is -0.0602 e. The molecule has 0 aromatic heterocycles. The van der Waals surface area contributed by atoms with Crippen LogP contribution in [-0.4, -0.2) is 0 Å². The topological polar surface area (TPSA) is 0 Å². The van der Waals surface area contributed by atoms with Crippen molar-refractivity contribution < 1.29 is 0 Å². The lowest BCUT2D eigenvalue weighted by atomic mass is 9.57. The van der Waals surface area contributed by atoms with Crippen molar-refractivity contribution in [2.45, 2.75) is 88.0 Å². The summed E-state index contributed by atoms with van der Waals surface area (Å²) >= 11 is 0. The SMILES string of the molecule is CC(C)(C)C[C@H]1CC[C@@H](C(C)(C)C)C[C@H]1C(C)(C)C. The highest BCUT2D eigenvalue weighted by molar-refractivity contribution is 4.91. The average molecular weight is 267 g/mol. The van der Waals surface area contributed by atoms with E-state index in [2.05, 4.69) is 62.3 Å². The van der Waals surface area contributed by atoms with Gasteiger partial charge in [-0.15, -0.1) is 0 Å². The van der Waals surface area contributed by atoms with Gasteiger partial charge in [0.2, 0.25) is 0 Å². The molecule has 0 bridgehead atoms. The first-order chi connectivity index (χ1) is 8.31. The van der Waals surface area contributed by atoms with Crippen LogP contribution in [0.2, 0.25) is 0 Å². The lowest BCUT2D eigenvalue weighted by molar-refractivity contribution is 0.0180. The Balaban J connectivity index is 2.85. The van der Waals surface area contributed by atoms with E-state index in [4.69, 9.17) is 0 Å². The largest absolute Gasteiger partial charge is 0.0602 e. The molecule has 0 unspecified atom stereocenters. The zero-order valence-corrected chi connectivity index (χ0v) is 15.1. The maximum atomic E-state index is 2.46. The molecule has 0 heteroatoms. The summed E-state index contributed by atoms with van der Waals surface area (Å²) in [5.41, 5.74) is 1.42. The van der Waals surface area contributed by atoms with E-state index in [1.54, 1.807) is 0 Å². The first kappa shape index (κ1) is 17.1. The van der Waals surface area contributed by atoms with E-state index in [0.29, 0.717) is 16.2 Å². The highest BCUT2D eigenvalue weighted by atomic mass is 14.5. The van der Waals surface area contributed by atoms with Crippen molar-refractivity contribution in [3.63, 3.8) is 0 Å². The van der Waals surface area contributed by atoms with Crippen LogP contribution in [-0.2, 0) is 0 Å². The Kier molecular flexibility index (Phi) is 4.86. The number of rotatable bonds is 1. The zero-order chi connectivity index (χ0) is 15.1. The van der Waals surface area contributed by atoms with Crippen LogP contribution in [0.4, 0.5) is 0 Å². The van der Waals surface area contributed by atoms with Gasteiger partial charge in [0.05, 0.1) is 0 Å². The normalized spacial score (nSPS) is 30.5. The summed E-state index contributed by atoms with van der Waals surface area (Å²) in [5.74, 6) is 2.73. The molecule has 0 spiro atoms. The van der Waals surface area contributed by atoms with E-state index < -0.39 is 0 Å².